The summed E-state index contributed by atoms with van der Waals surface area (Å²) in [5.41, 5.74) is -0.584. The van der Waals surface area contributed by atoms with Crippen molar-refractivity contribution in [2.24, 2.45) is 0 Å². The van der Waals surface area contributed by atoms with E-state index in [1.54, 1.807) is 27.7 Å². The lowest BCUT2D eigenvalue weighted by atomic mass is 10.2. The number of carbonyl (C=O) groups excluding carboxylic acids is 1. The number of rotatable bonds is 1. The van der Waals surface area contributed by atoms with Crippen LogP contribution < -0.4 is 0 Å². The van der Waals surface area contributed by atoms with Crippen molar-refractivity contribution in [1.82, 2.24) is 0 Å². The lowest BCUT2D eigenvalue weighted by Crippen LogP contribution is -2.26. The molecule has 0 radical (unpaired) electrons. The van der Waals surface area contributed by atoms with E-state index in [1.165, 1.54) is 0 Å². The highest BCUT2D eigenvalue weighted by atomic mass is 32.1. The van der Waals surface area contributed by atoms with Crippen molar-refractivity contribution in [3.05, 3.63) is 0 Å². The Bertz CT molecular complexity index is 195. The Morgan fingerprint density at radius 3 is 2.31 bits per heavy atom. The molecule has 0 fully saturated rings. The largest absolute Gasteiger partial charge is 0.517 e. The Labute approximate surface area is 83.2 Å². The second kappa shape index (κ2) is 5.01. The molecule has 0 N–H and O–H groups in total. The predicted octanol–water partition coefficient (Wildman–Crippen LogP) is 2.26. The van der Waals surface area contributed by atoms with Crippen molar-refractivity contribution in [2.45, 2.75) is 33.3 Å². The maximum absolute atomic E-state index is 10.9. The summed E-state index contributed by atoms with van der Waals surface area (Å²) in [6.07, 6.45) is -0.842. The lowest BCUT2D eigenvalue weighted by Gasteiger charge is -2.18. The van der Waals surface area contributed by atoms with Gasteiger partial charge in [0.25, 0.3) is 0 Å². The predicted molar refractivity (Wildman–Crippen MR) is 51.5 cm³/mol. The van der Waals surface area contributed by atoms with E-state index >= 15 is 0 Å². The van der Waals surface area contributed by atoms with Crippen LogP contribution in [0.3, 0.4) is 0 Å². The number of thiocarbonyl (C=S) groups is 1. The molecule has 0 aromatic carbocycles. The first-order valence-electron chi connectivity index (χ1n) is 3.92. The zero-order valence-corrected chi connectivity index (χ0v) is 9.06. The number of hydrogen-bond donors (Lipinski definition) is 0. The smallest absolute Gasteiger partial charge is 0.457 e. The topological polar surface area (TPSA) is 44.8 Å². The fourth-order valence-corrected chi connectivity index (χ4v) is 0.672. The second-order valence-corrected chi connectivity index (χ2v) is 3.58. The third kappa shape index (κ3) is 7.52. The van der Waals surface area contributed by atoms with Crippen molar-refractivity contribution < 1.29 is 19.0 Å². The first kappa shape index (κ1) is 12.2. The monoisotopic (exact) mass is 206 g/mol. The first-order chi connectivity index (χ1) is 5.85. The molecule has 0 unspecified atom stereocenters. The number of ether oxygens (including phenoxy) is 3. The fourth-order valence-electron chi connectivity index (χ4n) is 0.486. The van der Waals surface area contributed by atoms with Crippen LogP contribution in [0.15, 0.2) is 0 Å². The van der Waals surface area contributed by atoms with Crippen LogP contribution in [0.2, 0.25) is 0 Å². The fraction of sp³-hybridized carbons (Fsp3) is 0.750. The minimum Gasteiger partial charge on any atom is -0.457 e. The maximum Gasteiger partial charge on any atom is 0.517 e. The molecule has 0 bridgehead atoms. The van der Waals surface area contributed by atoms with Crippen LogP contribution in [0.5, 0.6) is 0 Å². The summed E-state index contributed by atoms with van der Waals surface area (Å²) in [7, 11) is 0. The molecule has 4 nitrogen and oxygen atoms in total. The Morgan fingerprint density at radius 2 is 1.92 bits per heavy atom. The molecule has 0 saturated heterocycles. The van der Waals surface area contributed by atoms with E-state index in [4.69, 9.17) is 9.47 Å². The van der Waals surface area contributed by atoms with Crippen LogP contribution in [0.4, 0.5) is 4.79 Å². The zero-order chi connectivity index (χ0) is 10.5. The van der Waals surface area contributed by atoms with E-state index in [2.05, 4.69) is 17.0 Å². The Hall–Kier alpha value is -0.840. The van der Waals surface area contributed by atoms with Crippen LogP contribution in [0, 0.1) is 0 Å². The molecule has 0 rings (SSSR count). The van der Waals surface area contributed by atoms with Gasteiger partial charge in [0.15, 0.2) is 0 Å². The van der Waals surface area contributed by atoms with E-state index in [1.807, 2.05) is 0 Å². The number of hydrogen-bond acceptors (Lipinski definition) is 5. The molecule has 0 aromatic rings. The molecular formula is C8H14O4S. The highest BCUT2D eigenvalue weighted by molar-refractivity contribution is 7.79. The third-order valence-electron chi connectivity index (χ3n) is 0.818. The van der Waals surface area contributed by atoms with Gasteiger partial charge in [0.05, 0.1) is 6.61 Å². The molecule has 0 spiro atoms. The molecule has 0 aliphatic carbocycles. The van der Waals surface area contributed by atoms with E-state index in [0.29, 0.717) is 6.61 Å². The molecular weight excluding hydrogens is 192 g/mol. The average molecular weight is 206 g/mol. The molecule has 0 saturated carbocycles. The molecule has 76 valence electrons. The summed E-state index contributed by atoms with van der Waals surface area (Å²) in [6.45, 7) is 7.31. The molecule has 0 atom stereocenters. The summed E-state index contributed by atoms with van der Waals surface area (Å²) in [4.78, 5) is 10.9. The second-order valence-electron chi connectivity index (χ2n) is 3.25. The van der Waals surface area contributed by atoms with E-state index in [9.17, 15) is 4.79 Å². The van der Waals surface area contributed by atoms with Gasteiger partial charge in [0, 0.05) is 12.2 Å². The van der Waals surface area contributed by atoms with Gasteiger partial charge in [-0.05, 0) is 27.7 Å². The van der Waals surface area contributed by atoms with Gasteiger partial charge in [-0.2, -0.15) is 0 Å². The van der Waals surface area contributed by atoms with Gasteiger partial charge < -0.3 is 14.2 Å². The Balaban J connectivity index is 3.82. The molecule has 0 aliphatic rings. The normalized spacial score (nSPS) is 10.5. The lowest BCUT2D eigenvalue weighted by molar-refractivity contribution is 0.0117. The minimum atomic E-state index is -0.842. The van der Waals surface area contributed by atoms with Crippen molar-refractivity contribution in [1.29, 1.82) is 0 Å². The quantitative estimate of drug-likeness (QED) is 0.486. The molecule has 0 amide bonds. The molecule has 5 heteroatoms. The van der Waals surface area contributed by atoms with Crippen LogP contribution in [0.1, 0.15) is 27.7 Å². The van der Waals surface area contributed by atoms with Crippen LogP contribution in [-0.4, -0.2) is 23.6 Å². The summed E-state index contributed by atoms with van der Waals surface area (Å²) in [6, 6.07) is 0. The Kier molecular flexibility index (Phi) is 4.69. The highest BCUT2D eigenvalue weighted by Crippen LogP contribution is 2.08. The van der Waals surface area contributed by atoms with Crippen LogP contribution in [-0.2, 0) is 14.2 Å². The first-order valence-corrected chi connectivity index (χ1v) is 4.33. The van der Waals surface area contributed by atoms with E-state index in [0.717, 1.165) is 0 Å². The van der Waals surface area contributed by atoms with Gasteiger partial charge in [-0.25, -0.2) is 4.79 Å². The molecule has 13 heavy (non-hydrogen) atoms. The van der Waals surface area contributed by atoms with Crippen molar-refractivity contribution in [3.63, 3.8) is 0 Å². The van der Waals surface area contributed by atoms with Crippen molar-refractivity contribution >= 4 is 23.6 Å². The summed E-state index contributed by atoms with van der Waals surface area (Å²) in [5, 5.41) is -0.211. The minimum absolute atomic E-state index is 0.211. The number of carbonyl (C=O) groups is 1. The molecule has 0 aromatic heterocycles. The summed E-state index contributed by atoms with van der Waals surface area (Å²) >= 11 is 4.57. The highest BCUT2D eigenvalue weighted by Gasteiger charge is 2.19. The summed E-state index contributed by atoms with van der Waals surface area (Å²) < 4.78 is 14.1. The van der Waals surface area contributed by atoms with Crippen molar-refractivity contribution in [3.8, 4) is 0 Å². The van der Waals surface area contributed by atoms with Gasteiger partial charge in [-0.15, -0.1) is 0 Å². The van der Waals surface area contributed by atoms with Crippen LogP contribution >= 0.6 is 12.2 Å². The van der Waals surface area contributed by atoms with Gasteiger partial charge in [0.1, 0.15) is 5.60 Å². The maximum atomic E-state index is 10.9. The summed E-state index contributed by atoms with van der Waals surface area (Å²) in [5.74, 6) is 0. The molecule has 0 heterocycles. The van der Waals surface area contributed by atoms with Crippen LogP contribution in [0.25, 0.3) is 0 Å². The van der Waals surface area contributed by atoms with E-state index < -0.39 is 11.8 Å². The van der Waals surface area contributed by atoms with Gasteiger partial charge in [-0.1, -0.05) is 0 Å². The van der Waals surface area contributed by atoms with Gasteiger partial charge in [0.2, 0.25) is 0 Å². The Morgan fingerprint density at radius 1 is 1.38 bits per heavy atom. The van der Waals surface area contributed by atoms with Gasteiger partial charge in [-0.3, -0.25) is 0 Å². The molecule has 0 aliphatic heterocycles. The SMILES string of the molecule is CCOC(=S)OC(=O)OC(C)(C)C. The van der Waals surface area contributed by atoms with Gasteiger partial charge >= 0.3 is 11.4 Å². The average Bonchev–Trinajstić information content (AvgIpc) is 1.81. The van der Waals surface area contributed by atoms with E-state index in [-0.39, 0.29) is 5.24 Å². The van der Waals surface area contributed by atoms with Crippen molar-refractivity contribution in [2.75, 3.05) is 6.61 Å². The standard InChI is InChI=1S/C8H14O4S/c1-5-10-7(13)11-6(9)12-8(2,3)4/h5H2,1-4H3. The third-order valence-corrected chi connectivity index (χ3v) is 1.02. The zero-order valence-electron chi connectivity index (χ0n) is 8.25.